The van der Waals surface area contributed by atoms with Gasteiger partial charge in [-0.05, 0) is 25.5 Å². The minimum absolute atomic E-state index is 0.298. The molecule has 0 bridgehead atoms. The minimum atomic E-state index is -0.298. The van der Waals surface area contributed by atoms with Gasteiger partial charge in [0.2, 0.25) is 0 Å². The van der Waals surface area contributed by atoms with E-state index in [1.807, 2.05) is 13.0 Å². The summed E-state index contributed by atoms with van der Waals surface area (Å²) in [7, 11) is 0. The first-order valence-electron chi connectivity index (χ1n) is 6.94. The maximum absolute atomic E-state index is 13.5. The molecule has 1 rings (SSSR count). The molecule has 18 heavy (non-hydrogen) atoms. The summed E-state index contributed by atoms with van der Waals surface area (Å²) in [6.07, 6.45) is 6.22. The van der Waals surface area contributed by atoms with Crippen LogP contribution in [0.5, 0.6) is 5.75 Å². The predicted molar refractivity (Wildman–Crippen MR) is 74.8 cm³/mol. The molecule has 0 heterocycles. The van der Waals surface area contributed by atoms with Crippen molar-refractivity contribution >= 4 is 5.69 Å². The molecule has 0 amide bonds. The van der Waals surface area contributed by atoms with E-state index in [-0.39, 0.29) is 5.82 Å². The Hall–Kier alpha value is -1.25. The van der Waals surface area contributed by atoms with E-state index in [1.165, 1.54) is 31.7 Å². The number of benzene rings is 1. The van der Waals surface area contributed by atoms with Crippen LogP contribution in [-0.2, 0) is 0 Å². The highest BCUT2D eigenvalue weighted by molar-refractivity contribution is 5.47. The first-order valence-corrected chi connectivity index (χ1v) is 6.94. The van der Waals surface area contributed by atoms with Crippen LogP contribution in [0.4, 0.5) is 10.1 Å². The molecular formula is C15H24FNO. The van der Waals surface area contributed by atoms with Crippen molar-refractivity contribution in [2.75, 3.05) is 18.5 Å². The average Bonchev–Trinajstić information content (AvgIpc) is 2.37. The Kier molecular flexibility index (Phi) is 7.23. The molecule has 1 aromatic rings. The molecule has 102 valence electrons. The third kappa shape index (κ3) is 5.39. The van der Waals surface area contributed by atoms with Crippen LogP contribution in [0.3, 0.4) is 0 Å². The monoisotopic (exact) mass is 253 g/mol. The van der Waals surface area contributed by atoms with E-state index in [0.717, 1.165) is 18.7 Å². The molecule has 3 heteroatoms. The lowest BCUT2D eigenvalue weighted by Gasteiger charge is -2.09. The van der Waals surface area contributed by atoms with E-state index in [9.17, 15) is 4.39 Å². The minimum Gasteiger partial charge on any atom is -0.491 e. The highest BCUT2D eigenvalue weighted by atomic mass is 19.1. The van der Waals surface area contributed by atoms with Gasteiger partial charge in [0.05, 0.1) is 6.61 Å². The summed E-state index contributed by atoms with van der Waals surface area (Å²) < 4.78 is 18.7. The van der Waals surface area contributed by atoms with Crippen LogP contribution < -0.4 is 10.1 Å². The van der Waals surface area contributed by atoms with Crippen molar-refractivity contribution in [1.82, 2.24) is 0 Å². The largest absolute Gasteiger partial charge is 0.491 e. The van der Waals surface area contributed by atoms with Crippen LogP contribution in [0.15, 0.2) is 18.2 Å². The highest BCUT2D eigenvalue weighted by Gasteiger charge is 2.03. The number of halogens is 1. The molecule has 0 saturated heterocycles. The van der Waals surface area contributed by atoms with Gasteiger partial charge in [-0.2, -0.15) is 0 Å². The van der Waals surface area contributed by atoms with Gasteiger partial charge in [-0.25, -0.2) is 4.39 Å². The molecule has 0 aliphatic heterocycles. The fourth-order valence-corrected chi connectivity index (χ4v) is 1.84. The van der Waals surface area contributed by atoms with E-state index in [0.29, 0.717) is 12.4 Å². The Labute approximate surface area is 110 Å². The van der Waals surface area contributed by atoms with Gasteiger partial charge in [0.15, 0.2) is 11.6 Å². The number of hydrogen-bond acceptors (Lipinski definition) is 2. The third-order valence-electron chi connectivity index (χ3n) is 2.84. The van der Waals surface area contributed by atoms with Gasteiger partial charge in [-0.1, -0.05) is 32.6 Å². The van der Waals surface area contributed by atoms with Crippen LogP contribution in [0.2, 0.25) is 0 Å². The molecule has 0 aliphatic carbocycles. The van der Waals surface area contributed by atoms with E-state index >= 15 is 0 Å². The maximum Gasteiger partial charge on any atom is 0.167 e. The quantitative estimate of drug-likeness (QED) is 0.649. The topological polar surface area (TPSA) is 21.3 Å². The number of unbranched alkanes of at least 4 members (excludes halogenated alkanes) is 4. The molecule has 0 fully saturated rings. The first-order chi connectivity index (χ1) is 8.77. The standard InChI is InChI=1S/C15H24FNO/c1-3-5-6-7-8-11-17-13-9-10-15(18-4-2)14(16)12-13/h9-10,12,17H,3-8,11H2,1-2H3. The van der Waals surface area contributed by atoms with Crippen LogP contribution in [0, 0.1) is 5.82 Å². The van der Waals surface area contributed by atoms with Crippen molar-refractivity contribution in [2.24, 2.45) is 0 Å². The van der Waals surface area contributed by atoms with Gasteiger partial charge in [0, 0.05) is 18.3 Å². The second kappa shape index (κ2) is 8.78. The van der Waals surface area contributed by atoms with Crippen molar-refractivity contribution < 1.29 is 9.13 Å². The van der Waals surface area contributed by atoms with Gasteiger partial charge in [0.25, 0.3) is 0 Å². The van der Waals surface area contributed by atoms with Crippen molar-refractivity contribution in [3.05, 3.63) is 24.0 Å². The molecule has 0 aromatic heterocycles. The number of nitrogens with one attached hydrogen (secondary N) is 1. The van der Waals surface area contributed by atoms with E-state index in [4.69, 9.17) is 4.74 Å². The van der Waals surface area contributed by atoms with Gasteiger partial charge in [0.1, 0.15) is 0 Å². The third-order valence-corrected chi connectivity index (χ3v) is 2.84. The zero-order chi connectivity index (χ0) is 13.2. The fourth-order valence-electron chi connectivity index (χ4n) is 1.84. The van der Waals surface area contributed by atoms with Gasteiger partial charge >= 0.3 is 0 Å². The molecule has 1 N–H and O–H groups in total. The Morgan fingerprint density at radius 1 is 1.11 bits per heavy atom. The summed E-state index contributed by atoms with van der Waals surface area (Å²) in [6, 6.07) is 5.04. The van der Waals surface area contributed by atoms with Gasteiger partial charge in [-0.3, -0.25) is 0 Å². The fraction of sp³-hybridized carbons (Fsp3) is 0.600. The summed E-state index contributed by atoms with van der Waals surface area (Å²) in [5.41, 5.74) is 0.825. The lowest BCUT2D eigenvalue weighted by atomic mass is 10.1. The number of anilines is 1. The molecule has 0 spiro atoms. The van der Waals surface area contributed by atoms with Crippen LogP contribution in [0.25, 0.3) is 0 Å². The maximum atomic E-state index is 13.5. The molecule has 0 radical (unpaired) electrons. The number of ether oxygens (including phenoxy) is 1. The average molecular weight is 253 g/mol. The molecule has 0 saturated carbocycles. The molecule has 0 aliphatic rings. The summed E-state index contributed by atoms with van der Waals surface area (Å²) in [5.74, 6) is 0.0267. The molecule has 1 aromatic carbocycles. The SMILES string of the molecule is CCCCCCCNc1ccc(OCC)c(F)c1. The zero-order valence-electron chi connectivity index (χ0n) is 11.5. The molecule has 2 nitrogen and oxygen atoms in total. The zero-order valence-corrected chi connectivity index (χ0v) is 11.5. The Balaban J connectivity index is 2.28. The molecule has 0 atom stereocenters. The summed E-state index contributed by atoms with van der Waals surface area (Å²) in [6.45, 7) is 5.45. The van der Waals surface area contributed by atoms with E-state index < -0.39 is 0 Å². The van der Waals surface area contributed by atoms with Crippen molar-refractivity contribution in [2.45, 2.75) is 46.0 Å². The second-order valence-electron chi connectivity index (χ2n) is 4.42. The normalized spacial score (nSPS) is 10.4. The number of rotatable bonds is 9. The summed E-state index contributed by atoms with van der Waals surface area (Å²) >= 11 is 0. The molecule has 0 unspecified atom stereocenters. The van der Waals surface area contributed by atoms with Crippen molar-refractivity contribution in [3.63, 3.8) is 0 Å². The van der Waals surface area contributed by atoms with E-state index in [1.54, 1.807) is 6.07 Å². The molecular weight excluding hydrogens is 229 g/mol. The van der Waals surface area contributed by atoms with Gasteiger partial charge in [-0.15, -0.1) is 0 Å². The number of hydrogen-bond donors (Lipinski definition) is 1. The predicted octanol–water partition coefficient (Wildman–Crippen LogP) is 4.61. The Morgan fingerprint density at radius 2 is 1.89 bits per heavy atom. The smallest absolute Gasteiger partial charge is 0.167 e. The summed E-state index contributed by atoms with van der Waals surface area (Å²) in [5, 5.41) is 3.24. The lowest BCUT2D eigenvalue weighted by molar-refractivity contribution is 0.321. The van der Waals surface area contributed by atoms with Crippen molar-refractivity contribution in [1.29, 1.82) is 0 Å². The second-order valence-corrected chi connectivity index (χ2v) is 4.42. The Bertz CT molecular complexity index is 341. The van der Waals surface area contributed by atoms with Crippen molar-refractivity contribution in [3.8, 4) is 5.75 Å². The van der Waals surface area contributed by atoms with Crippen LogP contribution >= 0.6 is 0 Å². The van der Waals surface area contributed by atoms with Gasteiger partial charge < -0.3 is 10.1 Å². The van der Waals surface area contributed by atoms with Crippen LogP contribution in [0.1, 0.15) is 46.0 Å². The van der Waals surface area contributed by atoms with Crippen LogP contribution in [-0.4, -0.2) is 13.2 Å². The first kappa shape index (κ1) is 14.8. The van der Waals surface area contributed by atoms with E-state index in [2.05, 4.69) is 12.2 Å². The Morgan fingerprint density at radius 3 is 2.56 bits per heavy atom. The lowest BCUT2D eigenvalue weighted by Crippen LogP contribution is -2.02. The summed E-state index contributed by atoms with van der Waals surface area (Å²) in [4.78, 5) is 0. The highest BCUT2D eigenvalue weighted by Crippen LogP contribution is 2.21.